The predicted octanol–water partition coefficient (Wildman–Crippen LogP) is 10.7. The maximum Gasteiger partial charge on any atom is 0.0197 e. The third-order valence-electron chi connectivity index (χ3n) is 11.1. The summed E-state index contributed by atoms with van der Waals surface area (Å²) in [5.74, 6) is 0.815. The lowest BCUT2D eigenvalue weighted by atomic mass is 9.36. The molecule has 0 bridgehead atoms. The van der Waals surface area contributed by atoms with Crippen molar-refractivity contribution < 1.29 is 0 Å². The number of aryl methyl sites for hydroxylation is 1. The summed E-state index contributed by atoms with van der Waals surface area (Å²) in [4.78, 5) is 0. The first-order chi connectivity index (χ1) is 16.7. The van der Waals surface area contributed by atoms with Gasteiger partial charge in [0.25, 0.3) is 0 Å². The number of hydrogen-bond acceptors (Lipinski definition) is 0. The Balaban J connectivity index is 2.12. The summed E-state index contributed by atoms with van der Waals surface area (Å²) in [6.45, 7) is 40.1. The van der Waals surface area contributed by atoms with Gasteiger partial charge in [0.2, 0.25) is 0 Å². The fourth-order valence-corrected chi connectivity index (χ4v) is 9.07. The van der Waals surface area contributed by atoms with Crippen LogP contribution in [0.15, 0.2) is 83.5 Å². The molecule has 0 heterocycles. The molecule has 0 saturated heterocycles. The maximum absolute atomic E-state index is 4.83. The lowest BCUT2D eigenvalue weighted by Crippen LogP contribution is -2.59. The van der Waals surface area contributed by atoms with Crippen LogP contribution in [0.5, 0.6) is 0 Å². The molecule has 0 spiro atoms. The van der Waals surface area contributed by atoms with E-state index in [-0.39, 0.29) is 16.2 Å². The molecule has 1 aromatic rings. The van der Waals surface area contributed by atoms with Crippen molar-refractivity contribution in [3.8, 4) is 0 Å². The molecule has 0 amide bonds. The standard InChI is InChI=1S/C36H48/c1-14-16-22(4)19-30-34(11)20-24(6)31(21(2)3)27(9)36(34,13)28(10)33-25(7)32-23(5)17-15-18-29(32)26(8)35(30,33)12/h15,17-18,26,30H,2,4,7,9,14,16,19-20H2,1,3,5-6,8,10-13H3/t26-,30+,34+,35-,36-/m1/s1. The summed E-state index contributed by atoms with van der Waals surface area (Å²) in [7, 11) is 0. The van der Waals surface area contributed by atoms with Crippen LogP contribution in [-0.4, -0.2) is 0 Å². The highest BCUT2D eigenvalue weighted by Crippen LogP contribution is 2.75. The summed E-state index contributed by atoms with van der Waals surface area (Å²) in [6, 6.07) is 6.83. The zero-order chi connectivity index (χ0) is 27.0. The molecule has 5 atom stereocenters. The van der Waals surface area contributed by atoms with Gasteiger partial charge in [-0.1, -0.05) is 108 Å². The molecule has 192 valence electrons. The van der Waals surface area contributed by atoms with Crippen molar-refractivity contribution >= 4 is 5.57 Å². The fourth-order valence-electron chi connectivity index (χ4n) is 9.07. The minimum Gasteiger partial charge on any atom is -0.0999 e. The molecular formula is C36H48. The summed E-state index contributed by atoms with van der Waals surface area (Å²) in [5.41, 5.74) is 14.6. The van der Waals surface area contributed by atoms with Crippen molar-refractivity contribution in [3.05, 3.63) is 100 Å². The van der Waals surface area contributed by atoms with Gasteiger partial charge in [0.15, 0.2) is 0 Å². The average Bonchev–Trinajstić information content (AvgIpc) is 2.78. The molecule has 0 fully saturated rings. The average molecular weight is 481 g/mol. The van der Waals surface area contributed by atoms with E-state index in [4.69, 9.17) is 13.2 Å². The topological polar surface area (TPSA) is 0 Å². The highest BCUT2D eigenvalue weighted by atomic mass is 14.7. The summed E-state index contributed by atoms with van der Waals surface area (Å²) in [6.07, 6.45) is 4.35. The van der Waals surface area contributed by atoms with Crippen molar-refractivity contribution in [1.29, 1.82) is 0 Å². The number of rotatable bonds is 5. The zero-order valence-corrected chi connectivity index (χ0v) is 24.5. The van der Waals surface area contributed by atoms with Crippen molar-refractivity contribution in [2.75, 3.05) is 0 Å². The van der Waals surface area contributed by atoms with Crippen LogP contribution in [0.25, 0.3) is 5.57 Å². The third-order valence-corrected chi connectivity index (χ3v) is 11.1. The van der Waals surface area contributed by atoms with Crippen LogP contribution in [0.4, 0.5) is 0 Å². The third kappa shape index (κ3) is 3.19. The first kappa shape index (κ1) is 26.7. The molecule has 3 aliphatic carbocycles. The first-order valence-electron chi connectivity index (χ1n) is 13.9. The van der Waals surface area contributed by atoms with E-state index in [0.29, 0.717) is 11.8 Å². The fraction of sp³-hybridized carbons (Fsp3) is 0.500. The van der Waals surface area contributed by atoms with Crippen LogP contribution in [0.1, 0.15) is 104 Å². The van der Waals surface area contributed by atoms with Crippen molar-refractivity contribution in [2.45, 2.75) is 93.9 Å². The van der Waals surface area contributed by atoms with Crippen molar-refractivity contribution in [2.24, 2.45) is 22.2 Å². The molecule has 1 aromatic carbocycles. The molecule has 0 heteroatoms. The monoisotopic (exact) mass is 480 g/mol. The van der Waals surface area contributed by atoms with Gasteiger partial charge in [0, 0.05) is 10.8 Å². The molecule has 0 N–H and O–H groups in total. The summed E-state index contributed by atoms with van der Waals surface area (Å²) in [5, 5.41) is 0. The highest BCUT2D eigenvalue weighted by Gasteiger charge is 2.66. The Labute approximate surface area is 221 Å². The van der Waals surface area contributed by atoms with Gasteiger partial charge >= 0.3 is 0 Å². The van der Waals surface area contributed by atoms with Crippen molar-refractivity contribution in [1.82, 2.24) is 0 Å². The molecule has 0 radical (unpaired) electrons. The predicted molar refractivity (Wildman–Crippen MR) is 159 cm³/mol. The van der Waals surface area contributed by atoms with Gasteiger partial charge in [-0.2, -0.15) is 0 Å². The van der Waals surface area contributed by atoms with Crippen LogP contribution in [0, 0.1) is 29.1 Å². The second kappa shape index (κ2) is 8.61. The molecule has 0 unspecified atom stereocenters. The SMILES string of the molecule is C=C(CCC)C[C@@H]1[C@]2(C)C(=C(C)[C@@]3(C)C(=C)C(C(=C)C)=C(C)C[C@@]13C)C(=C)c1c(C)cccc1[C@H]2C. The number of fused-ring (bicyclic) bond motifs is 3. The van der Waals surface area contributed by atoms with E-state index in [1.165, 1.54) is 55.7 Å². The molecule has 0 nitrogen and oxygen atoms in total. The minimum atomic E-state index is -0.171. The second-order valence-electron chi connectivity index (χ2n) is 12.9. The normalized spacial score (nSPS) is 33.8. The Morgan fingerprint density at radius 1 is 1.06 bits per heavy atom. The smallest absolute Gasteiger partial charge is 0.0197 e. The number of allylic oxidation sites excluding steroid dienone is 8. The van der Waals surface area contributed by atoms with Crippen LogP contribution in [-0.2, 0) is 0 Å². The van der Waals surface area contributed by atoms with Crippen LogP contribution >= 0.6 is 0 Å². The summed E-state index contributed by atoms with van der Waals surface area (Å²) < 4.78 is 0. The van der Waals surface area contributed by atoms with Gasteiger partial charge in [-0.3, -0.25) is 0 Å². The molecule has 0 aromatic heterocycles. The Kier molecular flexibility index (Phi) is 6.39. The van der Waals surface area contributed by atoms with Crippen LogP contribution < -0.4 is 0 Å². The van der Waals surface area contributed by atoms with E-state index in [2.05, 4.69) is 93.7 Å². The second-order valence-corrected chi connectivity index (χ2v) is 12.9. The van der Waals surface area contributed by atoms with Crippen LogP contribution in [0.2, 0.25) is 0 Å². The van der Waals surface area contributed by atoms with Gasteiger partial charge < -0.3 is 0 Å². The lowest BCUT2D eigenvalue weighted by Gasteiger charge is -2.67. The quantitative estimate of drug-likeness (QED) is 0.368. The molecule has 0 aliphatic heterocycles. The summed E-state index contributed by atoms with van der Waals surface area (Å²) >= 11 is 0. The zero-order valence-electron chi connectivity index (χ0n) is 24.5. The first-order valence-corrected chi connectivity index (χ1v) is 13.9. The van der Waals surface area contributed by atoms with E-state index < -0.39 is 0 Å². The van der Waals surface area contributed by atoms with Gasteiger partial charge in [-0.25, -0.2) is 0 Å². The van der Waals surface area contributed by atoms with Gasteiger partial charge in [0.1, 0.15) is 0 Å². The van der Waals surface area contributed by atoms with Gasteiger partial charge in [-0.15, -0.1) is 0 Å². The van der Waals surface area contributed by atoms with E-state index in [1.807, 2.05) is 0 Å². The largest absolute Gasteiger partial charge is 0.0999 e. The maximum atomic E-state index is 4.83. The number of benzene rings is 1. The van der Waals surface area contributed by atoms with E-state index in [0.717, 1.165) is 31.3 Å². The number of hydrogen-bond donors (Lipinski definition) is 0. The van der Waals surface area contributed by atoms with Gasteiger partial charge in [-0.05, 0) is 103 Å². The Bertz CT molecular complexity index is 1260. The van der Waals surface area contributed by atoms with E-state index >= 15 is 0 Å². The van der Waals surface area contributed by atoms with Gasteiger partial charge in [0.05, 0.1) is 0 Å². The Hall–Kier alpha value is -2.34. The van der Waals surface area contributed by atoms with E-state index in [9.17, 15) is 0 Å². The van der Waals surface area contributed by atoms with Crippen LogP contribution in [0.3, 0.4) is 0 Å². The lowest BCUT2D eigenvalue weighted by molar-refractivity contribution is -0.0371. The Morgan fingerprint density at radius 2 is 1.69 bits per heavy atom. The molecule has 0 saturated carbocycles. The highest BCUT2D eigenvalue weighted by molar-refractivity contribution is 5.87. The minimum absolute atomic E-state index is 0.0159. The Morgan fingerprint density at radius 3 is 2.28 bits per heavy atom. The van der Waals surface area contributed by atoms with Crippen molar-refractivity contribution in [3.63, 3.8) is 0 Å². The molecular weight excluding hydrogens is 432 g/mol. The molecule has 3 aliphatic rings. The molecule has 4 rings (SSSR count). The molecule has 36 heavy (non-hydrogen) atoms. The van der Waals surface area contributed by atoms with E-state index in [1.54, 1.807) is 0 Å².